The molecule has 0 aliphatic carbocycles. The lowest BCUT2D eigenvalue weighted by Crippen LogP contribution is -2.35. The van der Waals surface area contributed by atoms with E-state index < -0.39 is 17.6 Å². The van der Waals surface area contributed by atoms with E-state index in [0.29, 0.717) is 23.2 Å². The molecule has 0 saturated carbocycles. The topological polar surface area (TPSA) is 97.0 Å². The highest BCUT2D eigenvalue weighted by molar-refractivity contribution is 5.87. The molecule has 1 aliphatic rings. The SMILES string of the molecule is CC(C)c1cnc(N2CCC(n3cc(F)c4c(Cc5ccc(C(=O)O)cc5F)ncnc43)CC2)nc1. The summed E-state index contributed by atoms with van der Waals surface area (Å²) in [6.07, 6.45) is 8.09. The first kappa shape index (κ1) is 23.8. The molecule has 1 aromatic carbocycles. The van der Waals surface area contributed by atoms with Crippen molar-refractivity contribution in [1.29, 1.82) is 0 Å². The molecule has 0 radical (unpaired) electrons. The van der Waals surface area contributed by atoms with E-state index in [0.717, 1.165) is 37.6 Å². The third kappa shape index (κ3) is 4.50. The number of halogens is 2. The molecule has 5 rings (SSSR count). The summed E-state index contributed by atoms with van der Waals surface area (Å²) in [4.78, 5) is 30.8. The van der Waals surface area contributed by atoms with E-state index in [1.807, 2.05) is 17.0 Å². The summed E-state index contributed by atoms with van der Waals surface area (Å²) in [5, 5.41) is 9.32. The van der Waals surface area contributed by atoms with Gasteiger partial charge in [-0.1, -0.05) is 19.9 Å². The molecule has 0 spiro atoms. The van der Waals surface area contributed by atoms with Crippen LogP contribution in [0.2, 0.25) is 0 Å². The second-order valence-electron chi connectivity index (χ2n) is 9.38. The number of fused-ring (bicyclic) bond motifs is 1. The molecule has 0 unspecified atom stereocenters. The van der Waals surface area contributed by atoms with Crippen LogP contribution < -0.4 is 4.90 Å². The van der Waals surface area contributed by atoms with Gasteiger partial charge in [0.2, 0.25) is 5.95 Å². The maximum absolute atomic E-state index is 15.1. The van der Waals surface area contributed by atoms with E-state index in [-0.39, 0.29) is 29.0 Å². The summed E-state index contributed by atoms with van der Waals surface area (Å²) in [5.74, 6) is -1.27. The van der Waals surface area contributed by atoms with Crippen LogP contribution >= 0.6 is 0 Å². The van der Waals surface area contributed by atoms with Crippen LogP contribution in [0.5, 0.6) is 0 Å². The Kier molecular flexibility index (Phi) is 6.34. The molecule has 3 aromatic heterocycles. The number of rotatable bonds is 6. The van der Waals surface area contributed by atoms with E-state index in [4.69, 9.17) is 5.11 Å². The highest BCUT2D eigenvalue weighted by Crippen LogP contribution is 2.31. The number of carbonyl (C=O) groups is 1. The number of nitrogens with zero attached hydrogens (tertiary/aromatic N) is 6. The second-order valence-corrected chi connectivity index (χ2v) is 9.38. The lowest BCUT2D eigenvalue weighted by Gasteiger charge is -2.32. The molecular weight excluding hydrogens is 466 g/mol. The van der Waals surface area contributed by atoms with Crippen LogP contribution in [0.4, 0.5) is 14.7 Å². The van der Waals surface area contributed by atoms with Gasteiger partial charge in [0.05, 0.1) is 16.6 Å². The average Bonchev–Trinajstić information content (AvgIpc) is 3.22. The zero-order chi connectivity index (χ0) is 25.4. The Bertz CT molecular complexity index is 1410. The molecule has 10 heteroatoms. The van der Waals surface area contributed by atoms with Crippen LogP contribution in [0.15, 0.2) is 43.1 Å². The fourth-order valence-electron chi connectivity index (χ4n) is 4.65. The maximum Gasteiger partial charge on any atom is 0.335 e. The van der Waals surface area contributed by atoms with Gasteiger partial charge in [-0.2, -0.15) is 0 Å². The summed E-state index contributed by atoms with van der Waals surface area (Å²) in [7, 11) is 0. The predicted molar refractivity (Wildman–Crippen MR) is 130 cm³/mol. The zero-order valence-corrected chi connectivity index (χ0v) is 20.0. The summed E-state index contributed by atoms with van der Waals surface area (Å²) in [6, 6.07) is 3.73. The molecule has 4 heterocycles. The minimum absolute atomic E-state index is 0.0217. The molecule has 0 amide bonds. The summed E-state index contributed by atoms with van der Waals surface area (Å²) in [6.45, 7) is 5.66. The van der Waals surface area contributed by atoms with Crippen molar-refractivity contribution in [2.45, 2.75) is 45.1 Å². The Morgan fingerprint density at radius 3 is 2.44 bits per heavy atom. The number of carboxylic acids is 1. The number of anilines is 1. The minimum atomic E-state index is -1.21. The highest BCUT2D eigenvalue weighted by atomic mass is 19.1. The van der Waals surface area contributed by atoms with Crippen molar-refractivity contribution in [3.63, 3.8) is 0 Å². The van der Waals surface area contributed by atoms with Gasteiger partial charge < -0.3 is 14.6 Å². The van der Waals surface area contributed by atoms with E-state index in [9.17, 15) is 9.18 Å². The number of aromatic nitrogens is 5. The molecule has 1 aliphatic heterocycles. The van der Waals surface area contributed by atoms with Crippen LogP contribution in [-0.4, -0.2) is 48.7 Å². The van der Waals surface area contributed by atoms with Gasteiger partial charge in [0.25, 0.3) is 0 Å². The predicted octanol–water partition coefficient (Wildman–Crippen LogP) is 4.75. The first-order valence-electron chi connectivity index (χ1n) is 11.9. The van der Waals surface area contributed by atoms with E-state index >= 15 is 4.39 Å². The summed E-state index contributed by atoms with van der Waals surface area (Å²) in [5.41, 5.74) is 2.01. The van der Waals surface area contributed by atoms with E-state index in [1.54, 1.807) is 0 Å². The van der Waals surface area contributed by atoms with Crippen molar-refractivity contribution in [2.75, 3.05) is 18.0 Å². The molecule has 1 saturated heterocycles. The third-order valence-corrected chi connectivity index (χ3v) is 6.77. The van der Waals surface area contributed by atoms with Crippen molar-refractivity contribution in [3.05, 3.63) is 77.1 Å². The van der Waals surface area contributed by atoms with Crippen molar-refractivity contribution in [3.8, 4) is 0 Å². The zero-order valence-electron chi connectivity index (χ0n) is 20.0. The second kappa shape index (κ2) is 9.60. The Hall–Kier alpha value is -3.95. The lowest BCUT2D eigenvalue weighted by atomic mass is 10.0. The Morgan fingerprint density at radius 1 is 1.08 bits per heavy atom. The van der Waals surface area contributed by atoms with Crippen LogP contribution in [0.1, 0.15) is 65.8 Å². The minimum Gasteiger partial charge on any atom is -0.478 e. The normalized spacial score (nSPS) is 14.6. The molecule has 1 fully saturated rings. The van der Waals surface area contributed by atoms with Gasteiger partial charge in [0, 0.05) is 44.1 Å². The van der Waals surface area contributed by atoms with Gasteiger partial charge >= 0.3 is 5.97 Å². The number of benzene rings is 1. The fraction of sp³-hybridized carbons (Fsp3) is 0.346. The first-order valence-corrected chi connectivity index (χ1v) is 11.9. The van der Waals surface area contributed by atoms with Crippen LogP contribution in [0.25, 0.3) is 11.0 Å². The van der Waals surface area contributed by atoms with E-state index in [1.165, 1.54) is 24.7 Å². The van der Waals surface area contributed by atoms with Gasteiger partial charge in [0.1, 0.15) is 17.8 Å². The molecule has 0 bridgehead atoms. The molecular formula is C26H26F2N6O2. The number of hydrogen-bond donors (Lipinski definition) is 1. The molecule has 186 valence electrons. The summed E-state index contributed by atoms with van der Waals surface area (Å²) >= 11 is 0. The molecule has 4 aromatic rings. The van der Waals surface area contributed by atoms with Gasteiger partial charge in [-0.25, -0.2) is 33.5 Å². The number of carboxylic acid groups (broad SMARTS) is 1. The molecule has 1 N–H and O–H groups in total. The molecule has 8 nitrogen and oxygen atoms in total. The van der Waals surface area contributed by atoms with Gasteiger partial charge in [-0.15, -0.1) is 0 Å². The smallest absolute Gasteiger partial charge is 0.335 e. The number of hydrogen-bond acceptors (Lipinski definition) is 6. The van der Waals surface area contributed by atoms with Crippen LogP contribution in [-0.2, 0) is 6.42 Å². The van der Waals surface area contributed by atoms with Gasteiger partial charge in [-0.3, -0.25) is 0 Å². The standard InChI is InChI=1S/C26H26F2N6O2/c1-15(2)18-11-29-26(30-12-18)33-7-5-19(6-8-33)34-13-21(28)23-22(31-14-32-24(23)34)10-16-3-4-17(25(35)36)9-20(16)27/h3-4,9,11-15,19H,5-8,10H2,1-2H3,(H,35,36). The Balaban J connectivity index is 1.36. The fourth-order valence-corrected chi connectivity index (χ4v) is 4.65. The summed E-state index contributed by atoms with van der Waals surface area (Å²) < 4.78 is 31.5. The monoisotopic (exact) mass is 492 g/mol. The first-order chi connectivity index (χ1) is 17.3. The van der Waals surface area contributed by atoms with Gasteiger partial charge in [0.15, 0.2) is 5.82 Å². The molecule has 0 atom stereocenters. The van der Waals surface area contributed by atoms with Crippen molar-refractivity contribution in [2.24, 2.45) is 0 Å². The van der Waals surface area contributed by atoms with Crippen molar-refractivity contribution >= 4 is 23.0 Å². The van der Waals surface area contributed by atoms with Crippen LogP contribution in [0, 0.1) is 11.6 Å². The largest absolute Gasteiger partial charge is 0.478 e. The average molecular weight is 493 g/mol. The molecule has 36 heavy (non-hydrogen) atoms. The Labute approximate surface area is 206 Å². The Morgan fingerprint density at radius 2 is 1.81 bits per heavy atom. The quantitative estimate of drug-likeness (QED) is 0.415. The van der Waals surface area contributed by atoms with Crippen molar-refractivity contribution in [1.82, 2.24) is 24.5 Å². The highest BCUT2D eigenvalue weighted by Gasteiger charge is 2.26. The number of aromatic carboxylic acids is 1. The van der Waals surface area contributed by atoms with Crippen LogP contribution in [0.3, 0.4) is 0 Å². The number of piperidine rings is 1. The van der Waals surface area contributed by atoms with E-state index in [2.05, 4.69) is 38.7 Å². The third-order valence-electron chi connectivity index (χ3n) is 6.77. The maximum atomic E-state index is 15.1. The van der Waals surface area contributed by atoms with Crippen molar-refractivity contribution < 1.29 is 18.7 Å². The van der Waals surface area contributed by atoms with Gasteiger partial charge in [-0.05, 0) is 42.0 Å². The lowest BCUT2D eigenvalue weighted by molar-refractivity contribution is 0.0696.